The second-order valence-electron chi connectivity index (χ2n) is 6.15. The van der Waals surface area contributed by atoms with Crippen LogP contribution in [-0.2, 0) is 6.54 Å². The minimum atomic E-state index is 0.440. The molecule has 0 radical (unpaired) electrons. The van der Waals surface area contributed by atoms with Crippen molar-refractivity contribution in [3.8, 4) is 5.75 Å². The molecule has 1 fully saturated rings. The Hall–Kier alpha value is -1.06. The molecule has 1 unspecified atom stereocenters. The molecule has 0 amide bonds. The molecular weight excluding hydrogens is 248 g/mol. The lowest BCUT2D eigenvalue weighted by atomic mass is 10.0. The van der Waals surface area contributed by atoms with Crippen molar-refractivity contribution >= 4 is 0 Å². The number of aryl methyl sites for hydroxylation is 2. The lowest BCUT2D eigenvalue weighted by Crippen LogP contribution is -2.48. The maximum absolute atomic E-state index is 9.84. The van der Waals surface area contributed by atoms with E-state index in [4.69, 9.17) is 0 Å². The minimum absolute atomic E-state index is 0.440. The van der Waals surface area contributed by atoms with Crippen LogP contribution in [0.4, 0.5) is 0 Å². The second kappa shape index (κ2) is 6.59. The van der Waals surface area contributed by atoms with E-state index in [1.165, 1.54) is 25.1 Å². The number of aromatic hydroxyl groups is 1. The fraction of sp³-hybridized carbons (Fsp3) is 0.647. The van der Waals surface area contributed by atoms with Gasteiger partial charge in [-0.1, -0.05) is 19.1 Å². The molecule has 0 aliphatic carbocycles. The van der Waals surface area contributed by atoms with Crippen LogP contribution in [0.5, 0.6) is 5.75 Å². The number of phenolic OH excluding ortho intramolecular Hbond substituents is 1. The van der Waals surface area contributed by atoms with E-state index < -0.39 is 0 Å². The van der Waals surface area contributed by atoms with Gasteiger partial charge in [0, 0.05) is 38.8 Å². The first-order valence-corrected chi connectivity index (χ1v) is 7.76. The highest BCUT2D eigenvalue weighted by Gasteiger charge is 2.20. The van der Waals surface area contributed by atoms with E-state index in [-0.39, 0.29) is 0 Å². The summed E-state index contributed by atoms with van der Waals surface area (Å²) in [4.78, 5) is 5.11. The largest absolute Gasteiger partial charge is 0.507 e. The molecule has 1 aliphatic heterocycles. The molecule has 2 rings (SSSR count). The summed E-state index contributed by atoms with van der Waals surface area (Å²) in [5, 5.41) is 9.84. The van der Waals surface area contributed by atoms with Crippen molar-refractivity contribution in [1.82, 2.24) is 9.80 Å². The molecule has 112 valence electrons. The number of benzene rings is 1. The van der Waals surface area contributed by atoms with Gasteiger partial charge in [0.2, 0.25) is 0 Å². The van der Waals surface area contributed by atoms with Gasteiger partial charge < -0.3 is 5.11 Å². The van der Waals surface area contributed by atoms with Gasteiger partial charge in [0.25, 0.3) is 0 Å². The van der Waals surface area contributed by atoms with Gasteiger partial charge in [-0.3, -0.25) is 9.80 Å². The molecule has 1 aromatic carbocycles. The van der Waals surface area contributed by atoms with Crippen LogP contribution in [0, 0.1) is 13.8 Å². The molecule has 1 aliphatic rings. The van der Waals surface area contributed by atoms with Crippen LogP contribution < -0.4 is 0 Å². The number of phenols is 1. The Bertz CT molecular complexity index is 427. The Balaban J connectivity index is 1.93. The highest BCUT2D eigenvalue weighted by atomic mass is 16.3. The third-order valence-electron chi connectivity index (χ3n) is 4.58. The van der Waals surface area contributed by atoms with E-state index >= 15 is 0 Å². The van der Waals surface area contributed by atoms with Crippen LogP contribution >= 0.6 is 0 Å². The number of rotatable bonds is 4. The summed E-state index contributed by atoms with van der Waals surface area (Å²) in [5.41, 5.74) is 3.28. The smallest absolute Gasteiger partial charge is 0.121 e. The monoisotopic (exact) mass is 276 g/mol. The summed E-state index contributed by atoms with van der Waals surface area (Å²) in [6.07, 6.45) is 1.23. The molecular formula is C17H28N2O. The molecule has 0 bridgehead atoms. The highest BCUT2D eigenvalue weighted by Crippen LogP contribution is 2.24. The first-order chi connectivity index (χ1) is 9.51. The van der Waals surface area contributed by atoms with Crippen molar-refractivity contribution in [3.63, 3.8) is 0 Å². The van der Waals surface area contributed by atoms with Crippen molar-refractivity contribution < 1.29 is 5.11 Å². The molecule has 3 heteroatoms. The lowest BCUT2D eigenvalue weighted by molar-refractivity contribution is 0.0963. The van der Waals surface area contributed by atoms with E-state index in [0.29, 0.717) is 11.8 Å². The lowest BCUT2D eigenvalue weighted by Gasteiger charge is -2.37. The van der Waals surface area contributed by atoms with Gasteiger partial charge in [-0.25, -0.2) is 0 Å². The predicted molar refractivity (Wildman–Crippen MR) is 84.2 cm³/mol. The van der Waals surface area contributed by atoms with Crippen molar-refractivity contribution in [2.75, 3.05) is 26.2 Å². The first kappa shape index (κ1) is 15.3. The Morgan fingerprint density at radius 2 is 1.65 bits per heavy atom. The van der Waals surface area contributed by atoms with E-state index in [2.05, 4.69) is 35.8 Å². The molecule has 0 saturated carbocycles. The summed E-state index contributed by atoms with van der Waals surface area (Å²) in [5.74, 6) is 0.440. The van der Waals surface area contributed by atoms with E-state index in [1.807, 2.05) is 13.8 Å². The molecule has 1 heterocycles. The average molecular weight is 276 g/mol. The van der Waals surface area contributed by atoms with Crippen LogP contribution in [0.2, 0.25) is 0 Å². The molecule has 0 aromatic heterocycles. The predicted octanol–water partition coefficient (Wildman–Crippen LogP) is 2.93. The zero-order valence-electron chi connectivity index (χ0n) is 13.3. The van der Waals surface area contributed by atoms with Crippen molar-refractivity contribution in [3.05, 3.63) is 28.8 Å². The number of nitrogens with zero attached hydrogens (tertiary/aromatic N) is 2. The fourth-order valence-electron chi connectivity index (χ4n) is 3.02. The zero-order chi connectivity index (χ0) is 14.7. The van der Waals surface area contributed by atoms with E-state index in [1.54, 1.807) is 0 Å². The third-order valence-corrected chi connectivity index (χ3v) is 4.58. The third kappa shape index (κ3) is 3.53. The average Bonchev–Trinajstić information content (AvgIpc) is 2.44. The Morgan fingerprint density at radius 1 is 1.10 bits per heavy atom. The van der Waals surface area contributed by atoms with Crippen LogP contribution in [0.25, 0.3) is 0 Å². The van der Waals surface area contributed by atoms with Crippen LogP contribution in [0.15, 0.2) is 12.1 Å². The summed E-state index contributed by atoms with van der Waals surface area (Å²) in [7, 11) is 0. The van der Waals surface area contributed by atoms with E-state index in [9.17, 15) is 5.11 Å². The quantitative estimate of drug-likeness (QED) is 0.916. The SMILES string of the molecule is CCC(C)N1CCN(Cc2cc(C)c(O)c(C)c2)CC1. The molecule has 0 spiro atoms. The van der Waals surface area contributed by atoms with Crippen molar-refractivity contribution in [2.45, 2.75) is 46.7 Å². The zero-order valence-corrected chi connectivity index (χ0v) is 13.3. The second-order valence-corrected chi connectivity index (χ2v) is 6.15. The van der Waals surface area contributed by atoms with Gasteiger partial charge in [0.05, 0.1) is 0 Å². The molecule has 20 heavy (non-hydrogen) atoms. The molecule has 3 nitrogen and oxygen atoms in total. The summed E-state index contributed by atoms with van der Waals surface area (Å²) >= 11 is 0. The number of hydrogen-bond donors (Lipinski definition) is 1. The molecule has 1 saturated heterocycles. The normalized spacial score (nSPS) is 19.2. The standard InChI is InChI=1S/C17H28N2O/c1-5-15(4)19-8-6-18(7-9-19)12-16-10-13(2)17(20)14(3)11-16/h10-11,15,20H,5-9,12H2,1-4H3. The van der Waals surface area contributed by atoms with Crippen LogP contribution in [-0.4, -0.2) is 47.1 Å². The summed E-state index contributed by atoms with van der Waals surface area (Å²) < 4.78 is 0. The highest BCUT2D eigenvalue weighted by molar-refractivity contribution is 5.42. The fourth-order valence-corrected chi connectivity index (χ4v) is 3.02. The Labute approximate surface area is 123 Å². The van der Waals surface area contributed by atoms with Crippen molar-refractivity contribution in [1.29, 1.82) is 0 Å². The Kier molecular flexibility index (Phi) is 5.06. The van der Waals surface area contributed by atoms with Gasteiger partial charge in [-0.05, 0) is 43.9 Å². The van der Waals surface area contributed by atoms with Gasteiger partial charge in [-0.15, -0.1) is 0 Å². The molecule has 1 aromatic rings. The molecule has 1 atom stereocenters. The number of hydrogen-bond acceptors (Lipinski definition) is 3. The maximum atomic E-state index is 9.84. The summed E-state index contributed by atoms with van der Waals surface area (Å²) in [6, 6.07) is 4.93. The number of piperazine rings is 1. The van der Waals surface area contributed by atoms with Gasteiger partial charge in [-0.2, -0.15) is 0 Å². The summed E-state index contributed by atoms with van der Waals surface area (Å²) in [6.45, 7) is 14.2. The van der Waals surface area contributed by atoms with Gasteiger partial charge >= 0.3 is 0 Å². The molecule has 1 N–H and O–H groups in total. The van der Waals surface area contributed by atoms with Crippen LogP contribution in [0.1, 0.15) is 37.0 Å². The van der Waals surface area contributed by atoms with Crippen LogP contribution in [0.3, 0.4) is 0 Å². The minimum Gasteiger partial charge on any atom is -0.507 e. The maximum Gasteiger partial charge on any atom is 0.121 e. The van der Waals surface area contributed by atoms with Gasteiger partial charge in [0.15, 0.2) is 0 Å². The van der Waals surface area contributed by atoms with Crippen molar-refractivity contribution in [2.24, 2.45) is 0 Å². The van der Waals surface area contributed by atoms with E-state index in [0.717, 1.165) is 30.8 Å². The first-order valence-electron chi connectivity index (χ1n) is 7.76. The Morgan fingerprint density at radius 3 is 2.15 bits per heavy atom. The van der Waals surface area contributed by atoms with Gasteiger partial charge in [0.1, 0.15) is 5.75 Å². The topological polar surface area (TPSA) is 26.7 Å².